The first-order valence-electron chi connectivity index (χ1n) is 3.68. The predicted octanol–water partition coefficient (Wildman–Crippen LogP) is 0.682. The first-order chi connectivity index (χ1) is 6.13. The highest BCUT2D eigenvalue weighted by Gasteiger charge is 2.04. The average Bonchev–Trinajstić information content (AvgIpc) is 2.42. The fourth-order valence-corrected chi connectivity index (χ4v) is 0.985. The van der Waals surface area contributed by atoms with Crippen molar-refractivity contribution in [1.29, 1.82) is 0 Å². The van der Waals surface area contributed by atoms with Gasteiger partial charge in [-0.3, -0.25) is 9.48 Å². The standard InChI is InChI=1S/C7H10ClN3O2/c1-13-6(12)2-3-11-4-5(8)7(9)10-11/h4H,2-3H2,1H3,(H2,9,10). The minimum Gasteiger partial charge on any atom is -0.469 e. The van der Waals surface area contributed by atoms with Crippen LogP contribution < -0.4 is 5.73 Å². The largest absolute Gasteiger partial charge is 0.469 e. The van der Waals surface area contributed by atoms with Crippen LogP contribution in [0.4, 0.5) is 5.82 Å². The molecule has 0 bridgehead atoms. The average molecular weight is 204 g/mol. The summed E-state index contributed by atoms with van der Waals surface area (Å²) < 4.78 is 5.97. The Morgan fingerprint density at radius 3 is 3.00 bits per heavy atom. The number of hydrogen-bond donors (Lipinski definition) is 1. The molecule has 1 aromatic heterocycles. The van der Waals surface area contributed by atoms with Gasteiger partial charge in [0, 0.05) is 6.20 Å². The Morgan fingerprint density at radius 1 is 1.85 bits per heavy atom. The molecule has 0 aromatic carbocycles. The van der Waals surface area contributed by atoms with Crippen molar-refractivity contribution >= 4 is 23.4 Å². The second-order valence-electron chi connectivity index (χ2n) is 2.45. The lowest BCUT2D eigenvalue weighted by Gasteiger charge is -1.98. The highest BCUT2D eigenvalue weighted by atomic mass is 35.5. The summed E-state index contributed by atoms with van der Waals surface area (Å²) in [5.74, 6) is -0.0169. The van der Waals surface area contributed by atoms with Crippen LogP contribution in [0.2, 0.25) is 5.02 Å². The van der Waals surface area contributed by atoms with Crippen LogP contribution in [0.1, 0.15) is 6.42 Å². The van der Waals surface area contributed by atoms with Gasteiger partial charge < -0.3 is 10.5 Å². The summed E-state index contributed by atoms with van der Waals surface area (Å²) >= 11 is 5.65. The molecule has 0 saturated carbocycles. The third-order valence-electron chi connectivity index (χ3n) is 1.52. The van der Waals surface area contributed by atoms with Crippen LogP contribution in [0.25, 0.3) is 0 Å². The third kappa shape index (κ3) is 2.62. The molecule has 0 aliphatic rings. The van der Waals surface area contributed by atoms with Crippen LogP contribution in [0, 0.1) is 0 Å². The molecule has 6 heteroatoms. The van der Waals surface area contributed by atoms with Crippen LogP contribution in [0.5, 0.6) is 0 Å². The van der Waals surface area contributed by atoms with Crippen molar-refractivity contribution in [3.05, 3.63) is 11.2 Å². The van der Waals surface area contributed by atoms with Crippen molar-refractivity contribution in [2.45, 2.75) is 13.0 Å². The summed E-state index contributed by atoms with van der Waals surface area (Å²) in [7, 11) is 1.34. The third-order valence-corrected chi connectivity index (χ3v) is 1.81. The highest BCUT2D eigenvalue weighted by molar-refractivity contribution is 6.32. The van der Waals surface area contributed by atoms with Crippen molar-refractivity contribution in [2.75, 3.05) is 12.8 Å². The van der Waals surface area contributed by atoms with E-state index in [9.17, 15) is 4.79 Å². The maximum atomic E-state index is 10.7. The summed E-state index contributed by atoms with van der Waals surface area (Å²) in [5, 5.41) is 4.26. The molecule has 0 unspecified atom stereocenters. The molecule has 1 aromatic rings. The Labute approximate surface area is 80.4 Å². The molecule has 5 nitrogen and oxygen atoms in total. The molecule has 0 atom stereocenters. The van der Waals surface area contributed by atoms with Gasteiger partial charge in [-0.15, -0.1) is 0 Å². The smallest absolute Gasteiger partial charge is 0.307 e. The van der Waals surface area contributed by atoms with E-state index in [1.807, 2.05) is 0 Å². The fourth-order valence-electron chi connectivity index (χ4n) is 0.834. The number of nitrogen functional groups attached to an aromatic ring is 1. The molecule has 1 heterocycles. The Bertz CT molecular complexity index is 291. The van der Waals surface area contributed by atoms with Crippen LogP contribution in [-0.2, 0) is 16.1 Å². The number of aromatic nitrogens is 2. The topological polar surface area (TPSA) is 70.1 Å². The summed E-state index contributed by atoms with van der Waals surface area (Å²) in [5.41, 5.74) is 5.40. The second-order valence-corrected chi connectivity index (χ2v) is 2.86. The van der Waals surface area contributed by atoms with Gasteiger partial charge in [0.15, 0.2) is 5.82 Å². The first-order valence-corrected chi connectivity index (χ1v) is 4.06. The zero-order valence-electron chi connectivity index (χ0n) is 7.16. The van der Waals surface area contributed by atoms with Crippen molar-refractivity contribution in [3.63, 3.8) is 0 Å². The molecule has 0 aliphatic carbocycles. The zero-order chi connectivity index (χ0) is 9.84. The summed E-state index contributed by atoms with van der Waals surface area (Å²) in [4.78, 5) is 10.7. The summed E-state index contributed by atoms with van der Waals surface area (Å²) in [6.45, 7) is 0.420. The second kappa shape index (κ2) is 4.13. The number of carbonyl (C=O) groups is 1. The molecule has 0 saturated heterocycles. The number of methoxy groups -OCH3 is 1. The lowest BCUT2D eigenvalue weighted by Crippen LogP contribution is -2.07. The van der Waals surface area contributed by atoms with E-state index in [4.69, 9.17) is 17.3 Å². The number of halogens is 1. The van der Waals surface area contributed by atoms with Gasteiger partial charge in [0.25, 0.3) is 0 Å². The molecular weight excluding hydrogens is 194 g/mol. The fraction of sp³-hybridized carbons (Fsp3) is 0.429. The van der Waals surface area contributed by atoms with Crippen molar-refractivity contribution in [3.8, 4) is 0 Å². The molecule has 0 aliphatic heterocycles. The highest BCUT2D eigenvalue weighted by Crippen LogP contribution is 2.15. The Balaban J connectivity index is 2.50. The lowest BCUT2D eigenvalue weighted by molar-refractivity contribution is -0.140. The van der Waals surface area contributed by atoms with Gasteiger partial charge in [0.2, 0.25) is 0 Å². The van der Waals surface area contributed by atoms with Crippen LogP contribution >= 0.6 is 11.6 Å². The number of esters is 1. The maximum absolute atomic E-state index is 10.7. The normalized spacial score (nSPS) is 10.0. The van der Waals surface area contributed by atoms with Crippen LogP contribution in [0.15, 0.2) is 6.20 Å². The molecule has 0 fully saturated rings. The number of rotatable bonds is 3. The van der Waals surface area contributed by atoms with Crippen molar-refractivity contribution in [1.82, 2.24) is 9.78 Å². The van der Waals surface area contributed by atoms with E-state index in [0.717, 1.165) is 0 Å². The SMILES string of the molecule is COC(=O)CCn1cc(Cl)c(N)n1. The number of nitrogens with zero attached hydrogens (tertiary/aromatic N) is 2. The van der Waals surface area contributed by atoms with Crippen LogP contribution in [0.3, 0.4) is 0 Å². The van der Waals surface area contributed by atoms with E-state index in [2.05, 4.69) is 9.84 Å². The minimum atomic E-state index is -0.287. The number of aryl methyl sites for hydroxylation is 1. The summed E-state index contributed by atoms with van der Waals surface area (Å²) in [6.07, 6.45) is 1.83. The van der Waals surface area contributed by atoms with Crippen molar-refractivity contribution < 1.29 is 9.53 Å². The van der Waals surface area contributed by atoms with E-state index >= 15 is 0 Å². The van der Waals surface area contributed by atoms with Gasteiger partial charge in [-0.05, 0) is 0 Å². The van der Waals surface area contributed by atoms with E-state index < -0.39 is 0 Å². The molecule has 1 rings (SSSR count). The number of hydrogen-bond acceptors (Lipinski definition) is 4. The van der Waals surface area contributed by atoms with Crippen LogP contribution in [-0.4, -0.2) is 22.9 Å². The molecular formula is C7H10ClN3O2. The Kier molecular flexibility index (Phi) is 3.13. The van der Waals surface area contributed by atoms with Crippen molar-refractivity contribution in [2.24, 2.45) is 0 Å². The molecule has 0 radical (unpaired) electrons. The van der Waals surface area contributed by atoms with Gasteiger partial charge in [-0.25, -0.2) is 0 Å². The first kappa shape index (κ1) is 9.85. The molecule has 72 valence electrons. The van der Waals surface area contributed by atoms with Gasteiger partial charge in [0.1, 0.15) is 5.02 Å². The van der Waals surface area contributed by atoms with Gasteiger partial charge in [0.05, 0.1) is 20.1 Å². The van der Waals surface area contributed by atoms with E-state index in [1.54, 1.807) is 6.20 Å². The summed E-state index contributed by atoms with van der Waals surface area (Å²) in [6, 6.07) is 0. The maximum Gasteiger partial charge on any atom is 0.307 e. The minimum absolute atomic E-state index is 0.258. The molecule has 0 spiro atoms. The number of ether oxygens (including phenoxy) is 1. The lowest BCUT2D eigenvalue weighted by atomic mass is 10.4. The predicted molar refractivity (Wildman–Crippen MR) is 48.3 cm³/mol. The monoisotopic (exact) mass is 203 g/mol. The quantitative estimate of drug-likeness (QED) is 0.734. The van der Waals surface area contributed by atoms with E-state index in [-0.39, 0.29) is 18.2 Å². The van der Waals surface area contributed by atoms with Gasteiger partial charge in [-0.1, -0.05) is 11.6 Å². The van der Waals surface area contributed by atoms with E-state index in [0.29, 0.717) is 11.6 Å². The number of nitrogens with two attached hydrogens (primary N) is 1. The molecule has 2 N–H and O–H groups in total. The van der Waals surface area contributed by atoms with Gasteiger partial charge in [-0.2, -0.15) is 5.10 Å². The molecule has 13 heavy (non-hydrogen) atoms. The Morgan fingerprint density at radius 2 is 2.54 bits per heavy atom. The number of anilines is 1. The van der Waals surface area contributed by atoms with Gasteiger partial charge >= 0.3 is 5.97 Å². The number of carbonyl (C=O) groups excluding carboxylic acids is 1. The molecule has 0 amide bonds. The Hall–Kier alpha value is -1.23. The van der Waals surface area contributed by atoms with E-state index in [1.165, 1.54) is 11.8 Å². The zero-order valence-corrected chi connectivity index (χ0v) is 7.91.